The molecule has 0 aliphatic rings. The van der Waals surface area contributed by atoms with E-state index in [4.69, 9.17) is 15.6 Å². The molecule has 98 valence electrons. The highest BCUT2D eigenvalue weighted by Crippen LogP contribution is 2.28. The number of ether oxygens (including phenoxy) is 1. The van der Waals surface area contributed by atoms with E-state index in [2.05, 4.69) is 4.98 Å². The maximum Gasteiger partial charge on any atom is 0.337 e. The quantitative estimate of drug-likeness (QED) is 0.884. The van der Waals surface area contributed by atoms with Gasteiger partial charge in [-0.2, -0.15) is 0 Å². The van der Waals surface area contributed by atoms with Gasteiger partial charge >= 0.3 is 5.97 Å². The fraction of sp³-hybridized carbons (Fsp3) is 0.143. The lowest BCUT2D eigenvalue weighted by molar-refractivity contribution is 0.0696. The largest absolute Gasteiger partial charge is 0.478 e. The molecule has 0 spiro atoms. The lowest BCUT2D eigenvalue weighted by Crippen LogP contribution is -2.02. The van der Waals surface area contributed by atoms with Gasteiger partial charge in [-0.3, -0.25) is 0 Å². The van der Waals surface area contributed by atoms with Gasteiger partial charge in [-0.15, -0.1) is 0 Å². The number of rotatable bonds is 3. The van der Waals surface area contributed by atoms with Crippen LogP contribution in [0.4, 0.5) is 5.69 Å². The number of carboxylic acids is 1. The number of hydrogen-bond acceptors (Lipinski definition) is 4. The number of carbonyl (C=O) groups is 1. The van der Waals surface area contributed by atoms with Crippen molar-refractivity contribution in [2.75, 3.05) is 5.73 Å². The van der Waals surface area contributed by atoms with Crippen LogP contribution in [0.1, 0.15) is 21.5 Å². The molecule has 1 aromatic carbocycles. The maximum atomic E-state index is 10.8. The second-order valence-electron chi connectivity index (χ2n) is 4.29. The second-order valence-corrected chi connectivity index (χ2v) is 4.29. The normalized spacial score (nSPS) is 10.2. The number of aromatic carboxylic acids is 1. The molecule has 0 radical (unpaired) electrons. The topological polar surface area (TPSA) is 85.4 Å². The summed E-state index contributed by atoms with van der Waals surface area (Å²) >= 11 is 0. The first-order valence-corrected chi connectivity index (χ1v) is 5.71. The van der Waals surface area contributed by atoms with Gasteiger partial charge in [-0.25, -0.2) is 9.78 Å². The van der Waals surface area contributed by atoms with Gasteiger partial charge in [0.05, 0.1) is 11.3 Å². The molecule has 1 heterocycles. The van der Waals surface area contributed by atoms with Crippen molar-refractivity contribution in [2.45, 2.75) is 13.8 Å². The minimum absolute atomic E-state index is 0.0329. The zero-order valence-corrected chi connectivity index (χ0v) is 10.7. The monoisotopic (exact) mass is 258 g/mol. The molecule has 0 atom stereocenters. The van der Waals surface area contributed by atoms with E-state index < -0.39 is 5.97 Å². The molecule has 0 amide bonds. The number of benzene rings is 1. The molecule has 0 saturated heterocycles. The summed E-state index contributed by atoms with van der Waals surface area (Å²) in [5.41, 5.74) is 8.06. The van der Waals surface area contributed by atoms with Crippen molar-refractivity contribution in [2.24, 2.45) is 0 Å². The fourth-order valence-corrected chi connectivity index (χ4v) is 1.69. The maximum absolute atomic E-state index is 10.8. The molecule has 0 unspecified atom stereocenters. The van der Waals surface area contributed by atoms with E-state index in [-0.39, 0.29) is 17.1 Å². The third-order valence-electron chi connectivity index (χ3n) is 2.66. The number of pyridine rings is 1. The van der Waals surface area contributed by atoms with Gasteiger partial charge in [0.2, 0.25) is 5.88 Å². The van der Waals surface area contributed by atoms with Gasteiger partial charge in [-0.05, 0) is 31.5 Å². The molecule has 5 nitrogen and oxygen atoms in total. The van der Waals surface area contributed by atoms with E-state index in [0.717, 1.165) is 11.1 Å². The first-order valence-electron chi connectivity index (χ1n) is 5.71. The fourth-order valence-electron chi connectivity index (χ4n) is 1.69. The van der Waals surface area contributed by atoms with E-state index in [1.807, 2.05) is 32.0 Å². The Balaban J connectivity index is 2.31. The Morgan fingerprint density at radius 2 is 2.05 bits per heavy atom. The van der Waals surface area contributed by atoms with Crippen molar-refractivity contribution in [3.63, 3.8) is 0 Å². The average Bonchev–Trinajstić information content (AvgIpc) is 2.34. The van der Waals surface area contributed by atoms with Gasteiger partial charge in [0, 0.05) is 6.20 Å². The number of nitrogen functional groups attached to an aromatic ring is 1. The molecule has 0 fully saturated rings. The minimum atomic E-state index is -1.07. The van der Waals surface area contributed by atoms with Gasteiger partial charge in [-0.1, -0.05) is 17.7 Å². The van der Waals surface area contributed by atoms with E-state index in [9.17, 15) is 4.79 Å². The Morgan fingerprint density at radius 1 is 1.32 bits per heavy atom. The number of nitrogens with zero attached hydrogens (tertiary/aromatic N) is 1. The molecule has 0 aliphatic heterocycles. The first kappa shape index (κ1) is 12.9. The van der Waals surface area contributed by atoms with Crippen molar-refractivity contribution >= 4 is 11.7 Å². The number of hydrogen-bond donors (Lipinski definition) is 2. The van der Waals surface area contributed by atoms with Crippen LogP contribution in [0.25, 0.3) is 0 Å². The summed E-state index contributed by atoms with van der Waals surface area (Å²) < 4.78 is 5.60. The highest BCUT2D eigenvalue weighted by Gasteiger charge is 2.10. The molecule has 2 rings (SSSR count). The average molecular weight is 258 g/mol. The number of carboxylic acid groups (broad SMARTS) is 1. The Kier molecular flexibility index (Phi) is 3.37. The van der Waals surface area contributed by atoms with Gasteiger partial charge in [0.25, 0.3) is 0 Å². The molecular weight excluding hydrogens is 244 g/mol. The van der Waals surface area contributed by atoms with Crippen LogP contribution in [0.3, 0.4) is 0 Å². The summed E-state index contributed by atoms with van der Waals surface area (Å²) in [4.78, 5) is 14.7. The van der Waals surface area contributed by atoms with Crippen molar-refractivity contribution in [1.29, 1.82) is 0 Å². The summed E-state index contributed by atoms with van der Waals surface area (Å²) in [7, 11) is 0. The molecule has 2 aromatic rings. The summed E-state index contributed by atoms with van der Waals surface area (Å²) in [5.74, 6) is -0.220. The van der Waals surface area contributed by atoms with Gasteiger partial charge in [0.1, 0.15) is 5.75 Å². The lowest BCUT2D eigenvalue weighted by atomic mass is 10.1. The predicted octanol–water partition coefficient (Wildman–Crippen LogP) is 2.77. The van der Waals surface area contributed by atoms with Crippen LogP contribution < -0.4 is 10.5 Å². The third-order valence-corrected chi connectivity index (χ3v) is 2.66. The van der Waals surface area contributed by atoms with E-state index in [0.29, 0.717) is 5.75 Å². The van der Waals surface area contributed by atoms with Crippen molar-refractivity contribution in [3.05, 3.63) is 47.2 Å². The number of aromatic nitrogens is 1. The summed E-state index contributed by atoms with van der Waals surface area (Å²) in [6.07, 6.45) is 1.22. The lowest BCUT2D eigenvalue weighted by Gasteiger charge is -2.10. The molecular formula is C14H14N2O3. The smallest absolute Gasteiger partial charge is 0.337 e. The number of nitrogens with two attached hydrogens (primary N) is 1. The Hall–Kier alpha value is -2.56. The number of anilines is 1. The molecule has 0 bridgehead atoms. The Morgan fingerprint density at radius 3 is 2.63 bits per heavy atom. The van der Waals surface area contributed by atoms with Gasteiger partial charge < -0.3 is 15.6 Å². The molecule has 0 aliphatic carbocycles. The predicted molar refractivity (Wildman–Crippen MR) is 71.6 cm³/mol. The molecule has 19 heavy (non-hydrogen) atoms. The SMILES string of the molecule is Cc1ccc(Oc2ncc(C(=O)O)cc2N)c(C)c1. The molecule has 3 N–H and O–H groups in total. The highest BCUT2D eigenvalue weighted by molar-refractivity contribution is 5.88. The van der Waals surface area contributed by atoms with E-state index in [1.54, 1.807) is 0 Å². The molecule has 1 aromatic heterocycles. The van der Waals surface area contributed by atoms with E-state index >= 15 is 0 Å². The third kappa shape index (κ3) is 2.82. The summed E-state index contributed by atoms with van der Waals surface area (Å²) in [5, 5.41) is 8.83. The standard InChI is InChI=1S/C14H14N2O3/c1-8-3-4-12(9(2)5-8)19-13-11(15)6-10(7-16-13)14(17)18/h3-7H,15H2,1-2H3,(H,17,18). The second kappa shape index (κ2) is 4.97. The zero-order valence-electron chi connectivity index (χ0n) is 10.7. The van der Waals surface area contributed by atoms with Crippen LogP contribution in [-0.4, -0.2) is 16.1 Å². The zero-order chi connectivity index (χ0) is 14.0. The van der Waals surface area contributed by atoms with Gasteiger partial charge in [0.15, 0.2) is 0 Å². The highest BCUT2D eigenvalue weighted by atomic mass is 16.5. The van der Waals surface area contributed by atoms with Crippen LogP contribution in [0, 0.1) is 13.8 Å². The van der Waals surface area contributed by atoms with Crippen molar-refractivity contribution in [3.8, 4) is 11.6 Å². The molecule has 5 heteroatoms. The van der Waals surface area contributed by atoms with Crippen LogP contribution in [0.2, 0.25) is 0 Å². The van der Waals surface area contributed by atoms with Crippen LogP contribution >= 0.6 is 0 Å². The van der Waals surface area contributed by atoms with Crippen molar-refractivity contribution < 1.29 is 14.6 Å². The van der Waals surface area contributed by atoms with E-state index in [1.165, 1.54) is 12.3 Å². The van der Waals surface area contributed by atoms with Crippen LogP contribution in [-0.2, 0) is 0 Å². The number of aryl methyl sites for hydroxylation is 2. The first-order chi connectivity index (χ1) is 8.97. The minimum Gasteiger partial charge on any atom is -0.478 e. The van der Waals surface area contributed by atoms with Crippen molar-refractivity contribution in [1.82, 2.24) is 4.98 Å². The summed E-state index contributed by atoms with van der Waals surface area (Å²) in [6, 6.07) is 7.06. The van der Waals surface area contributed by atoms with Crippen LogP contribution in [0.5, 0.6) is 11.6 Å². The molecule has 0 saturated carbocycles. The Bertz CT molecular complexity index is 639. The summed E-state index contributed by atoms with van der Waals surface area (Å²) in [6.45, 7) is 3.91. The Labute approximate surface area is 110 Å². The van der Waals surface area contributed by atoms with Crippen LogP contribution in [0.15, 0.2) is 30.5 Å².